The first-order chi connectivity index (χ1) is 9.31. The number of fused-ring (bicyclic) bond motifs is 1. The Morgan fingerprint density at radius 3 is 3.21 bits per heavy atom. The highest BCUT2D eigenvalue weighted by Crippen LogP contribution is 2.26. The molecule has 1 aliphatic rings. The molecular weight excluding hydrogens is 242 g/mol. The van der Waals surface area contributed by atoms with Gasteiger partial charge < -0.3 is 19.4 Å². The summed E-state index contributed by atoms with van der Waals surface area (Å²) < 4.78 is 7.26. The first-order valence-electron chi connectivity index (χ1n) is 6.57. The maximum absolute atomic E-state index is 5.25. The molecule has 0 spiro atoms. The van der Waals surface area contributed by atoms with Gasteiger partial charge in [-0.2, -0.15) is 0 Å². The predicted octanol–water partition coefficient (Wildman–Crippen LogP) is 1.24. The quantitative estimate of drug-likeness (QED) is 0.897. The highest BCUT2D eigenvalue weighted by molar-refractivity contribution is 5.67. The van der Waals surface area contributed by atoms with Crippen molar-refractivity contribution in [2.24, 2.45) is 5.92 Å². The number of aromatic nitrogens is 3. The van der Waals surface area contributed by atoms with Gasteiger partial charge in [-0.15, -0.1) is 0 Å². The van der Waals surface area contributed by atoms with E-state index >= 15 is 0 Å². The molecule has 1 atom stereocenters. The summed E-state index contributed by atoms with van der Waals surface area (Å²) >= 11 is 0. The minimum absolute atomic E-state index is 0.583. The van der Waals surface area contributed by atoms with Crippen LogP contribution in [0.3, 0.4) is 0 Å². The first kappa shape index (κ1) is 12.2. The van der Waals surface area contributed by atoms with E-state index in [1.807, 2.05) is 30.0 Å². The number of methoxy groups -OCH3 is 1. The van der Waals surface area contributed by atoms with Crippen molar-refractivity contribution >= 4 is 17.3 Å². The third-order valence-corrected chi connectivity index (χ3v) is 3.60. The fraction of sp³-hybridized carbons (Fsp3) is 0.538. The van der Waals surface area contributed by atoms with Crippen LogP contribution in [0.15, 0.2) is 18.6 Å². The SMILES string of the molecule is CNc1cn2ccnc2c(N2CCC(COC)C2)n1. The van der Waals surface area contributed by atoms with Crippen LogP contribution < -0.4 is 10.2 Å². The maximum atomic E-state index is 5.25. The van der Waals surface area contributed by atoms with Crippen LogP contribution in [0.4, 0.5) is 11.6 Å². The maximum Gasteiger partial charge on any atom is 0.180 e. The van der Waals surface area contributed by atoms with Gasteiger partial charge in [0.15, 0.2) is 11.5 Å². The predicted molar refractivity (Wildman–Crippen MR) is 74.7 cm³/mol. The highest BCUT2D eigenvalue weighted by Gasteiger charge is 2.25. The van der Waals surface area contributed by atoms with E-state index in [0.717, 1.165) is 43.4 Å². The summed E-state index contributed by atoms with van der Waals surface area (Å²) in [6, 6.07) is 0. The number of hydrogen-bond donors (Lipinski definition) is 1. The summed E-state index contributed by atoms with van der Waals surface area (Å²) in [4.78, 5) is 11.4. The zero-order chi connectivity index (χ0) is 13.2. The highest BCUT2D eigenvalue weighted by atomic mass is 16.5. The molecular formula is C13H19N5O. The van der Waals surface area contributed by atoms with Crippen molar-refractivity contribution in [2.75, 3.05) is 44.1 Å². The van der Waals surface area contributed by atoms with Crippen molar-refractivity contribution in [3.05, 3.63) is 18.6 Å². The van der Waals surface area contributed by atoms with E-state index in [9.17, 15) is 0 Å². The number of rotatable bonds is 4. The fourth-order valence-electron chi connectivity index (χ4n) is 2.64. The molecule has 3 rings (SSSR count). The smallest absolute Gasteiger partial charge is 0.180 e. The summed E-state index contributed by atoms with van der Waals surface area (Å²) in [6.07, 6.45) is 6.85. The second-order valence-electron chi connectivity index (χ2n) is 4.91. The van der Waals surface area contributed by atoms with Crippen LogP contribution in [0, 0.1) is 5.92 Å². The van der Waals surface area contributed by atoms with Crippen LogP contribution in [0.25, 0.3) is 5.65 Å². The zero-order valence-electron chi connectivity index (χ0n) is 11.3. The fourth-order valence-corrected chi connectivity index (χ4v) is 2.64. The summed E-state index contributed by atoms with van der Waals surface area (Å²) in [6.45, 7) is 2.81. The lowest BCUT2D eigenvalue weighted by Crippen LogP contribution is -2.23. The molecule has 2 aromatic rings. The Labute approximate surface area is 112 Å². The van der Waals surface area contributed by atoms with Gasteiger partial charge in [0.25, 0.3) is 0 Å². The molecule has 6 nitrogen and oxygen atoms in total. The van der Waals surface area contributed by atoms with Gasteiger partial charge in [-0.1, -0.05) is 0 Å². The standard InChI is InChI=1S/C13H19N5O/c1-14-11-8-18-6-4-15-12(18)13(16-11)17-5-3-10(7-17)9-19-2/h4,6,8,10,14H,3,5,7,9H2,1-2H3. The summed E-state index contributed by atoms with van der Waals surface area (Å²) in [5.74, 6) is 2.39. The zero-order valence-corrected chi connectivity index (χ0v) is 11.3. The van der Waals surface area contributed by atoms with E-state index in [1.54, 1.807) is 7.11 Å². The molecule has 0 aliphatic carbocycles. The van der Waals surface area contributed by atoms with E-state index < -0.39 is 0 Å². The monoisotopic (exact) mass is 261 g/mol. The largest absolute Gasteiger partial charge is 0.384 e. The Bertz CT molecular complexity index is 567. The molecule has 1 fully saturated rings. The van der Waals surface area contributed by atoms with Crippen molar-refractivity contribution in [1.29, 1.82) is 0 Å². The Balaban J connectivity index is 1.93. The molecule has 0 amide bonds. The van der Waals surface area contributed by atoms with Gasteiger partial charge >= 0.3 is 0 Å². The number of nitrogens with zero attached hydrogens (tertiary/aromatic N) is 4. The molecule has 0 saturated carbocycles. The number of imidazole rings is 1. The van der Waals surface area contributed by atoms with Crippen LogP contribution in [-0.2, 0) is 4.74 Å². The summed E-state index contributed by atoms with van der Waals surface area (Å²) in [7, 11) is 3.64. The van der Waals surface area contributed by atoms with Gasteiger partial charge in [-0.25, -0.2) is 9.97 Å². The van der Waals surface area contributed by atoms with Gasteiger partial charge in [0.05, 0.1) is 12.8 Å². The minimum Gasteiger partial charge on any atom is -0.384 e. The number of nitrogens with one attached hydrogen (secondary N) is 1. The van der Waals surface area contributed by atoms with Crippen molar-refractivity contribution in [3.8, 4) is 0 Å². The molecule has 1 unspecified atom stereocenters. The number of ether oxygens (including phenoxy) is 1. The lowest BCUT2D eigenvalue weighted by molar-refractivity contribution is 0.161. The molecule has 1 N–H and O–H groups in total. The Kier molecular flexibility index (Phi) is 3.25. The van der Waals surface area contributed by atoms with Crippen LogP contribution in [0.1, 0.15) is 6.42 Å². The third kappa shape index (κ3) is 2.23. The van der Waals surface area contributed by atoms with Crippen molar-refractivity contribution in [2.45, 2.75) is 6.42 Å². The molecule has 6 heteroatoms. The van der Waals surface area contributed by atoms with Crippen LogP contribution >= 0.6 is 0 Å². The molecule has 102 valence electrons. The van der Waals surface area contributed by atoms with E-state index in [0.29, 0.717) is 5.92 Å². The second kappa shape index (κ2) is 5.05. The lowest BCUT2D eigenvalue weighted by atomic mass is 10.1. The van der Waals surface area contributed by atoms with Gasteiger partial charge in [-0.3, -0.25) is 0 Å². The molecule has 1 aliphatic heterocycles. The second-order valence-corrected chi connectivity index (χ2v) is 4.91. The van der Waals surface area contributed by atoms with Gasteiger partial charge in [0, 0.05) is 45.6 Å². The molecule has 0 bridgehead atoms. The van der Waals surface area contributed by atoms with Crippen LogP contribution in [0.5, 0.6) is 0 Å². The van der Waals surface area contributed by atoms with Crippen molar-refractivity contribution < 1.29 is 4.74 Å². The number of hydrogen-bond acceptors (Lipinski definition) is 5. The van der Waals surface area contributed by atoms with E-state index in [1.165, 1.54) is 0 Å². The minimum atomic E-state index is 0.583. The van der Waals surface area contributed by atoms with Gasteiger partial charge in [0.1, 0.15) is 5.82 Å². The summed E-state index contributed by atoms with van der Waals surface area (Å²) in [5.41, 5.74) is 0.914. The van der Waals surface area contributed by atoms with Crippen molar-refractivity contribution in [1.82, 2.24) is 14.4 Å². The average Bonchev–Trinajstić information content (AvgIpc) is 3.06. The Hall–Kier alpha value is -1.82. The molecule has 0 radical (unpaired) electrons. The average molecular weight is 261 g/mol. The van der Waals surface area contributed by atoms with Crippen LogP contribution in [0.2, 0.25) is 0 Å². The third-order valence-electron chi connectivity index (χ3n) is 3.60. The topological polar surface area (TPSA) is 54.7 Å². The Morgan fingerprint density at radius 1 is 1.53 bits per heavy atom. The molecule has 1 saturated heterocycles. The molecule has 0 aromatic carbocycles. The molecule has 3 heterocycles. The lowest BCUT2D eigenvalue weighted by Gasteiger charge is -2.19. The van der Waals surface area contributed by atoms with Gasteiger partial charge in [-0.05, 0) is 6.42 Å². The van der Waals surface area contributed by atoms with E-state index in [-0.39, 0.29) is 0 Å². The molecule has 2 aromatic heterocycles. The first-order valence-corrected chi connectivity index (χ1v) is 6.57. The molecule has 19 heavy (non-hydrogen) atoms. The van der Waals surface area contributed by atoms with Crippen LogP contribution in [-0.4, -0.2) is 48.2 Å². The summed E-state index contributed by atoms with van der Waals surface area (Å²) in [5, 5.41) is 3.10. The van der Waals surface area contributed by atoms with E-state index in [4.69, 9.17) is 4.74 Å². The van der Waals surface area contributed by atoms with Crippen molar-refractivity contribution in [3.63, 3.8) is 0 Å². The number of anilines is 2. The van der Waals surface area contributed by atoms with Gasteiger partial charge in [0.2, 0.25) is 0 Å². The normalized spacial score (nSPS) is 19.3. The Morgan fingerprint density at radius 2 is 2.42 bits per heavy atom. The van der Waals surface area contributed by atoms with E-state index in [2.05, 4.69) is 20.2 Å².